The Morgan fingerprint density at radius 1 is 1.04 bits per heavy atom. The average Bonchev–Trinajstić information content (AvgIpc) is 2.79. The van der Waals surface area contributed by atoms with E-state index in [4.69, 9.17) is 17.3 Å². The van der Waals surface area contributed by atoms with Gasteiger partial charge in [0.1, 0.15) is 0 Å². The molecule has 114 valence electrons. The van der Waals surface area contributed by atoms with E-state index in [9.17, 15) is 14.4 Å². The molecule has 0 saturated heterocycles. The standard InChI is InChI=1S/C17H11ClN2O3/c18-12-6-2-1-4-10(12)8-9-14(21)20-16(22)11-5-3-7-13(19)15(11)17(20)23/h1-9H,19H2/b9-8+. The minimum absolute atomic E-state index is 0.0667. The molecule has 2 N–H and O–H groups in total. The molecule has 1 heterocycles. The van der Waals surface area contributed by atoms with E-state index in [-0.39, 0.29) is 16.8 Å². The zero-order valence-corrected chi connectivity index (χ0v) is 12.6. The van der Waals surface area contributed by atoms with Crippen molar-refractivity contribution < 1.29 is 14.4 Å². The van der Waals surface area contributed by atoms with Crippen LogP contribution >= 0.6 is 11.6 Å². The number of nitrogen functional groups attached to an aromatic ring is 1. The number of hydrogen-bond acceptors (Lipinski definition) is 4. The average molecular weight is 327 g/mol. The van der Waals surface area contributed by atoms with Crippen LogP contribution < -0.4 is 5.73 Å². The Balaban J connectivity index is 1.90. The molecule has 0 spiro atoms. The van der Waals surface area contributed by atoms with Crippen LogP contribution in [0.1, 0.15) is 26.3 Å². The Labute approximate surface area is 137 Å². The number of nitrogens with two attached hydrogens (primary N) is 1. The van der Waals surface area contributed by atoms with Gasteiger partial charge in [-0.05, 0) is 29.8 Å². The molecule has 2 aromatic rings. The van der Waals surface area contributed by atoms with Gasteiger partial charge in [-0.3, -0.25) is 14.4 Å². The highest BCUT2D eigenvalue weighted by Gasteiger charge is 2.40. The number of anilines is 1. The first-order chi connectivity index (χ1) is 11.0. The summed E-state index contributed by atoms with van der Waals surface area (Å²) in [6.45, 7) is 0. The van der Waals surface area contributed by atoms with E-state index in [0.717, 1.165) is 6.08 Å². The van der Waals surface area contributed by atoms with Crippen LogP contribution in [-0.2, 0) is 4.79 Å². The third-order valence-electron chi connectivity index (χ3n) is 3.48. The summed E-state index contributed by atoms with van der Waals surface area (Å²) >= 11 is 5.99. The van der Waals surface area contributed by atoms with Crippen LogP contribution in [0.25, 0.3) is 6.08 Å². The summed E-state index contributed by atoms with van der Waals surface area (Å²) in [6, 6.07) is 11.5. The van der Waals surface area contributed by atoms with Gasteiger partial charge in [0.15, 0.2) is 0 Å². The Morgan fingerprint density at radius 3 is 2.48 bits per heavy atom. The fourth-order valence-electron chi connectivity index (χ4n) is 2.36. The number of benzene rings is 2. The van der Waals surface area contributed by atoms with E-state index < -0.39 is 17.7 Å². The van der Waals surface area contributed by atoms with Crippen molar-refractivity contribution in [2.24, 2.45) is 0 Å². The number of amides is 3. The van der Waals surface area contributed by atoms with Gasteiger partial charge < -0.3 is 5.73 Å². The van der Waals surface area contributed by atoms with E-state index in [1.54, 1.807) is 30.3 Å². The third-order valence-corrected chi connectivity index (χ3v) is 3.82. The molecule has 0 bridgehead atoms. The first-order valence-electron chi connectivity index (χ1n) is 6.74. The zero-order chi connectivity index (χ0) is 16.6. The number of carbonyl (C=O) groups excluding carboxylic acids is 3. The Morgan fingerprint density at radius 2 is 1.78 bits per heavy atom. The van der Waals surface area contributed by atoms with Crippen molar-refractivity contribution in [3.05, 3.63) is 70.3 Å². The SMILES string of the molecule is Nc1cccc2c1C(=O)N(C(=O)/C=C/c1ccccc1Cl)C2=O. The van der Waals surface area contributed by atoms with Crippen molar-refractivity contribution in [3.8, 4) is 0 Å². The van der Waals surface area contributed by atoms with E-state index in [1.807, 2.05) is 0 Å². The van der Waals surface area contributed by atoms with Gasteiger partial charge in [0.25, 0.3) is 17.7 Å². The van der Waals surface area contributed by atoms with Crippen molar-refractivity contribution in [3.63, 3.8) is 0 Å². The number of fused-ring (bicyclic) bond motifs is 1. The van der Waals surface area contributed by atoms with Crippen molar-refractivity contribution in [2.75, 3.05) is 5.73 Å². The highest BCUT2D eigenvalue weighted by molar-refractivity contribution is 6.33. The fraction of sp³-hybridized carbons (Fsp3) is 0. The van der Waals surface area contributed by atoms with E-state index in [1.165, 1.54) is 18.2 Å². The monoisotopic (exact) mass is 326 g/mol. The molecule has 1 aliphatic heterocycles. The van der Waals surface area contributed by atoms with Crippen LogP contribution in [0, 0.1) is 0 Å². The van der Waals surface area contributed by atoms with E-state index in [0.29, 0.717) is 15.5 Å². The zero-order valence-electron chi connectivity index (χ0n) is 11.8. The smallest absolute Gasteiger partial charge is 0.270 e. The summed E-state index contributed by atoms with van der Waals surface area (Å²) in [6.07, 6.45) is 2.59. The van der Waals surface area contributed by atoms with Gasteiger partial charge in [0, 0.05) is 16.8 Å². The van der Waals surface area contributed by atoms with Crippen LogP contribution in [0.3, 0.4) is 0 Å². The second kappa shape index (κ2) is 5.70. The van der Waals surface area contributed by atoms with Crippen LogP contribution in [0.5, 0.6) is 0 Å². The first kappa shape index (κ1) is 15.0. The number of halogens is 1. The predicted molar refractivity (Wildman–Crippen MR) is 86.8 cm³/mol. The summed E-state index contributed by atoms with van der Waals surface area (Å²) in [7, 11) is 0. The fourth-order valence-corrected chi connectivity index (χ4v) is 2.56. The van der Waals surface area contributed by atoms with Crippen LogP contribution in [0.2, 0.25) is 5.02 Å². The normalized spacial score (nSPS) is 13.7. The van der Waals surface area contributed by atoms with Crippen LogP contribution in [0.15, 0.2) is 48.5 Å². The number of rotatable bonds is 2. The number of hydrogen-bond donors (Lipinski definition) is 1. The second-order valence-corrected chi connectivity index (χ2v) is 5.32. The summed E-state index contributed by atoms with van der Waals surface area (Å²) in [5, 5.41) is 0.461. The first-order valence-corrected chi connectivity index (χ1v) is 7.12. The molecule has 1 aliphatic rings. The van der Waals surface area contributed by atoms with Crippen molar-refractivity contribution in [1.82, 2.24) is 4.90 Å². The molecular weight excluding hydrogens is 316 g/mol. The maximum Gasteiger partial charge on any atom is 0.270 e. The summed E-state index contributed by atoms with van der Waals surface area (Å²) in [5.74, 6) is -2.13. The van der Waals surface area contributed by atoms with Gasteiger partial charge in [0.2, 0.25) is 0 Å². The van der Waals surface area contributed by atoms with Gasteiger partial charge in [0.05, 0.1) is 11.1 Å². The lowest BCUT2D eigenvalue weighted by Gasteiger charge is -2.08. The molecule has 3 amide bonds. The highest BCUT2D eigenvalue weighted by atomic mass is 35.5. The van der Waals surface area contributed by atoms with Gasteiger partial charge in [-0.2, -0.15) is 0 Å². The largest absolute Gasteiger partial charge is 0.398 e. The quantitative estimate of drug-likeness (QED) is 0.523. The molecule has 3 rings (SSSR count). The molecule has 6 heteroatoms. The van der Waals surface area contributed by atoms with Crippen LogP contribution in [-0.4, -0.2) is 22.6 Å². The summed E-state index contributed by atoms with van der Waals surface area (Å²) < 4.78 is 0. The predicted octanol–water partition coefficient (Wildman–Crippen LogP) is 2.76. The maximum atomic E-state index is 12.3. The Hall–Kier alpha value is -2.92. The topological polar surface area (TPSA) is 80.5 Å². The third kappa shape index (κ3) is 2.51. The van der Waals surface area contributed by atoms with Crippen LogP contribution in [0.4, 0.5) is 5.69 Å². The lowest BCUT2D eigenvalue weighted by molar-refractivity contribution is -0.121. The number of nitrogens with zero attached hydrogens (tertiary/aromatic N) is 1. The maximum absolute atomic E-state index is 12.3. The van der Waals surface area contributed by atoms with Crippen molar-refractivity contribution in [2.45, 2.75) is 0 Å². The molecule has 0 fully saturated rings. The molecule has 23 heavy (non-hydrogen) atoms. The molecule has 0 unspecified atom stereocenters. The van der Waals surface area contributed by atoms with Crippen molar-refractivity contribution in [1.29, 1.82) is 0 Å². The summed E-state index contributed by atoms with van der Waals surface area (Å²) in [4.78, 5) is 37.4. The molecule has 0 aliphatic carbocycles. The molecule has 2 aromatic carbocycles. The molecule has 0 saturated carbocycles. The molecule has 0 radical (unpaired) electrons. The summed E-state index contributed by atoms with van der Waals surface area (Å²) in [5.41, 5.74) is 6.71. The molecule has 5 nitrogen and oxygen atoms in total. The highest BCUT2D eigenvalue weighted by Crippen LogP contribution is 2.28. The minimum Gasteiger partial charge on any atom is -0.398 e. The number of imide groups is 3. The van der Waals surface area contributed by atoms with Gasteiger partial charge in [-0.15, -0.1) is 0 Å². The van der Waals surface area contributed by atoms with Crippen molar-refractivity contribution >= 4 is 41.1 Å². The lowest BCUT2D eigenvalue weighted by Crippen LogP contribution is -2.34. The lowest BCUT2D eigenvalue weighted by atomic mass is 10.1. The Kier molecular flexibility index (Phi) is 3.72. The van der Waals surface area contributed by atoms with E-state index >= 15 is 0 Å². The van der Waals surface area contributed by atoms with Gasteiger partial charge in [-0.25, -0.2) is 4.90 Å². The molecule has 0 atom stereocenters. The second-order valence-electron chi connectivity index (χ2n) is 4.91. The Bertz CT molecular complexity index is 874. The van der Waals surface area contributed by atoms with E-state index in [2.05, 4.69) is 0 Å². The van der Waals surface area contributed by atoms with Gasteiger partial charge in [-0.1, -0.05) is 35.9 Å². The van der Waals surface area contributed by atoms with Gasteiger partial charge >= 0.3 is 0 Å². The minimum atomic E-state index is -0.740. The number of carbonyl (C=O) groups is 3. The molecule has 0 aromatic heterocycles. The molecular formula is C17H11ClN2O3.